The van der Waals surface area contributed by atoms with Gasteiger partial charge in [0, 0.05) is 41.6 Å². The van der Waals surface area contributed by atoms with Gasteiger partial charge in [-0.05, 0) is 70.5 Å². The Bertz CT molecular complexity index is 1200. The number of aromatic nitrogens is 1. The Labute approximate surface area is 213 Å². The molecule has 4 rings (SSSR count). The molecule has 0 aliphatic carbocycles. The molecule has 0 fully saturated rings. The summed E-state index contributed by atoms with van der Waals surface area (Å²) in [4.78, 5) is 19.3. The number of carbonyl (C=O) groups excluding carboxylic acids is 1. The van der Waals surface area contributed by atoms with Crippen molar-refractivity contribution >= 4 is 22.7 Å². The van der Waals surface area contributed by atoms with Gasteiger partial charge >= 0.3 is 0 Å². The molecule has 0 radical (unpaired) electrons. The number of hydrogen-bond donors (Lipinski definition) is 1. The number of hydrazone groups is 1. The number of oxazole rings is 1. The second kappa shape index (κ2) is 11.2. The van der Waals surface area contributed by atoms with Crippen molar-refractivity contribution in [2.75, 3.05) is 13.2 Å². The average Bonchev–Trinajstić information content (AvgIpc) is 3.28. The zero-order valence-corrected chi connectivity index (χ0v) is 22.2. The van der Waals surface area contributed by atoms with Crippen molar-refractivity contribution in [1.82, 2.24) is 15.3 Å². The monoisotopic (exact) mass is 490 g/mol. The summed E-state index contributed by atoms with van der Waals surface area (Å²) in [5.74, 6) is 1.37. The van der Waals surface area contributed by atoms with Gasteiger partial charge in [0.1, 0.15) is 17.9 Å². The first kappa shape index (κ1) is 25.9. The number of nitrogens with one attached hydrogen (secondary N) is 1. The van der Waals surface area contributed by atoms with Crippen molar-refractivity contribution in [3.63, 3.8) is 0 Å². The maximum atomic E-state index is 12.3. The zero-order chi connectivity index (χ0) is 25.8. The van der Waals surface area contributed by atoms with E-state index in [1.165, 1.54) is 0 Å². The first-order valence-corrected chi connectivity index (χ1v) is 13.1. The van der Waals surface area contributed by atoms with E-state index in [4.69, 9.17) is 9.15 Å². The van der Waals surface area contributed by atoms with Crippen molar-refractivity contribution in [3.05, 3.63) is 48.0 Å². The topological polar surface area (TPSA) is 80.0 Å². The average molecular weight is 491 g/mol. The molecular weight excluding hydrogens is 452 g/mol. The van der Waals surface area contributed by atoms with Crippen LogP contribution in [0.2, 0.25) is 0 Å². The molecule has 2 atom stereocenters. The molecule has 0 saturated carbocycles. The van der Waals surface area contributed by atoms with Gasteiger partial charge in [-0.3, -0.25) is 9.69 Å². The summed E-state index contributed by atoms with van der Waals surface area (Å²) in [7, 11) is 0. The third kappa shape index (κ3) is 5.62. The number of nitrogens with zero attached hydrogens (tertiary/aromatic N) is 3. The molecule has 0 bridgehead atoms. The lowest BCUT2D eigenvalue weighted by molar-refractivity contribution is -0.126. The molecule has 0 spiro atoms. The third-order valence-electron chi connectivity index (χ3n) is 6.99. The Morgan fingerprint density at radius 2 is 1.75 bits per heavy atom. The van der Waals surface area contributed by atoms with Crippen LogP contribution in [-0.4, -0.2) is 46.7 Å². The van der Waals surface area contributed by atoms with E-state index < -0.39 is 0 Å². The summed E-state index contributed by atoms with van der Waals surface area (Å²) >= 11 is 0. The quantitative estimate of drug-likeness (QED) is 0.384. The number of ether oxygens (including phenoxy) is 1. The van der Waals surface area contributed by atoms with Crippen LogP contribution in [0.15, 0.2) is 52.0 Å². The van der Waals surface area contributed by atoms with E-state index in [1.54, 1.807) is 0 Å². The van der Waals surface area contributed by atoms with Crippen molar-refractivity contribution in [2.45, 2.75) is 66.5 Å². The Morgan fingerprint density at radius 3 is 2.42 bits per heavy atom. The van der Waals surface area contributed by atoms with E-state index >= 15 is 0 Å². The van der Waals surface area contributed by atoms with Crippen LogP contribution < -0.4 is 10.2 Å². The standard InChI is InChI=1S/C29H38N4O3/c1-7-8-24-20(6)27(31-32-28(24)34)22-11-14-25-26(17-22)36-29(30-25)21-9-12-23(13-10-21)35-16-15-33(18(2)3)19(4)5/h9-14,17-20,24H,7-8,15-16H2,1-6H3,(H,32,34)/t20-,24+/m0/s1. The minimum absolute atomic E-state index is 0.000672. The third-order valence-corrected chi connectivity index (χ3v) is 6.99. The van der Waals surface area contributed by atoms with Crippen LogP contribution in [0.25, 0.3) is 22.6 Å². The molecule has 1 aliphatic heterocycles. The molecular formula is C29H38N4O3. The smallest absolute Gasteiger partial charge is 0.243 e. The predicted molar refractivity (Wildman–Crippen MR) is 144 cm³/mol. The molecule has 192 valence electrons. The second-order valence-electron chi connectivity index (χ2n) is 10.2. The minimum Gasteiger partial charge on any atom is -0.492 e. The number of rotatable bonds is 10. The predicted octanol–water partition coefficient (Wildman–Crippen LogP) is 5.88. The molecule has 7 nitrogen and oxygen atoms in total. The van der Waals surface area contributed by atoms with Crippen molar-refractivity contribution in [3.8, 4) is 17.2 Å². The lowest BCUT2D eigenvalue weighted by atomic mass is 9.82. The van der Waals surface area contributed by atoms with Gasteiger partial charge in [0.15, 0.2) is 5.58 Å². The lowest BCUT2D eigenvalue weighted by Crippen LogP contribution is -2.40. The largest absolute Gasteiger partial charge is 0.492 e. The molecule has 2 heterocycles. The van der Waals surface area contributed by atoms with Crippen molar-refractivity contribution in [1.29, 1.82) is 0 Å². The molecule has 3 aromatic rings. The van der Waals surface area contributed by atoms with Gasteiger partial charge in [-0.2, -0.15) is 5.10 Å². The molecule has 1 aromatic heterocycles. The highest BCUT2D eigenvalue weighted by Gasteiger charge is 2.32. The summed E-state index contributed by atoms with van der Waals surface area (Å²) in [6.45, 7) is 14.5. The van der Waals surface area contributed by atoms with Crippen molar-refractivity contribution < 1.29 is 13.9 Å². The van der Waals surface area contributed by atoms with Crippen LogP contribution in [0.1, 0.15) is 59.9 Å². The van der Waals surface area contributed by atoms with E-state index in [-0.39, 0.29) is 17.7 Å². The Morgan fingerprint density at radius 1 is 1.06 bits per heavy atom. The van der Waals surface area contributed by atoms with Crippen LogP contribution in [-0.2, 0) is 4.79 Å². The maximum absolute atomic E-state index is 12.3. The summed E-state index contributed by atoms with van der Waals surface area (Å²) in [6, 6.07) is 14.8. The van der Waals surface area contributed by atoms with E-state index in [0.29, 0.717) is 30.2 Å². The summed E-state index contributed by atoms with van der Waals surface area (Å²) in [5.41, 5.74) is 6.90. The second-order valence-corrected chi connectivity index (χ2v) is 10.2. The van der Waals surface area contributed by atoms with E-state index in [0.717, 1.165) is 47.5 Å². The molecule has 36 heavy (non-hydrogen) atoms. The van der Waals surface area contributed by atoms with Gasteiger partial charge in [-0.15, -0.1) is 0 Å². The zero-order valence-electron chi connectivity index (χ0n) is 22.2. The maximum Gasteiger partial charge on any atom is 0.243 e. The number of benzene rings is 2. The normalized spacial score (nSPS) is 18.2. The van der Waals surface area contributed by atoms with Gasteiger partial charge < -0.3 is 9.15 Å². The first-order valence-electron chi connectivity index (χ1n) is 13.1. The van der Waals surface area contributed by atoms with Crippen LogP contribution in [0, 0.1) is 11.8 Å². The molecule has 1 amide bonds. The fourth-order valence-electron chi connectivity index (χ4n) is 5.02. The van der Waals surface area contributed by atoms with E-state index in [1.807, 2.05) is 42.5 Å². The molecule has 0 saturated heterocycles. The molecule has 0 unspecified atom stereocenters. The number of carbonyl (C=O) groups is 1. The first-order chi connectivity index (χ1) is 17.3. The summed E-state index contributed by atoms with van der Waals surface area (Å²) < 4.78 is 12.1. The van der Waals surface area contributed by atoms with Gasteiger partial charge in [-0.25, -0.2) is 10.4 Å². The Hall–Kier alpha value is -3.19. The minimum atomic E-state index is -0.0666. The van der Waals surface area contributed by atoms with Crippen LogP contribution >= 0.6 is 0 Å². The van der Waals surface area contributed by atoms with Crippen LogP contribution in [0.3, 0.4) is 0 Å². The van der Waals surface area contributed by atoms with E-state index in [2.05, 4.69) is 62.0 Å². The molecule has 1 aliphatic rings. The summed E-state index contributed by atoms with van der Waals surface area (Å²) in [6.07, 6.45) is 1.80. The van der Waals surface area contributed by atoms with Gasteiger partial charge in [0.2, 0.25) is 11.8 Å². The highest BCUT2D eigenvalue weighted by molar-refractivity contribution is 6.07. The SMILES string of the molecule is CCC[C@H]1C(=O)NN=C(c2ccc3nc(-c4ccc(OCCN(C(C)C)C(C)C)cc4)oc3c2)[C@H]1C. The summed E-state index contributed by atoms with van der Waals surface area (Å²) in [5, 5.41) is 4.37. The fourth-order valence-corrected chi connectivity index (χ4v) is 5.02. The Kier molecular flexibility index (Phi) is 8.09. The highest BCUT2D eigenvalue weighted by atomic mass is 16.5. The molecule has 7 heteroatoms. The van der Waals surface area contributed by atoms with Gasteiger partial charge in [0.25, 0.3) is 0 Å². The lowest BCUT2D eigenvalue weighted by Gasteiger charge is -2.30. The Balaban J connectivity index is 1.46. The molecule has 1 N–H and O–H groups in total. The van der Waals surface area contributed by atoms with Gasteiger partial charge in [0.05, 0.1) is 5.71 Å². The number of hydrogen-bond acceptors (Lipinski definition) is 6. The highest BCUT2D eigenvalue weighted by Crippen LogP contribution is 2.30. The fraction of sp³-hybridized carbons (Fsp3) is 0.483. The van der Waals surface area contributed by atoms with Crippen LogP contribution in [0.4, 0.5) is 0 Å². The molecule has 2 aromatic carbocycles. The van der Waals surface area contributed by atoms with Gasteiger partial charge in [-0.1, -0.05) is 26.3 Å². The number of amides is 1. The van der Waals surface area contributed by atoms with Crippen LogP contribution in [0.5, 0.6) is 5.75 Å². The van der Waals surface area contributed by atoms with E-state index in [9.17, 15) is 4.79 Å². The van der Waals surface area contributed by atoms with Crippen molar-refractivity contribution in [2.24, 2.45) is 16.9 Å². The number of fused-ring (bicyclic) bond motifs is 1.